The molecule has 154 valence electrons. The second kappa shape index (κ2) is 8.71. The van der Waals surface area contributed by atoms with Crippen LogP contribution in [-0.4, -0.2) is 35.2 Å². The van der Waals surface area contributed by atoms with Crippen LogP contribution in [-0.2, 0) is 21.7 Å². The summed E-state index contributed by atoms with van der Waals surface area (Å²) in [5.74, 6) is 0.519. The average Bonchev–Trinajstić information content (AvgIpc) is 3.33. The van der Waals surface area contributed by atoms with E-state index in [1.54, 1.807) is 23.2 Å². The number of nitrogens with zero attached hydrogens (tertiary/aromatic N) is 3. The summed E-state index contributed by atoms with van der Waals surface area (Å²) in [7, 11) is 0. The van der Waals surface area contributed by atoms with Crippen molar-refractivity contribution in [3.05, 3.63) is 70.7 Å². The number of hydrogen-bond donors (Lipinski definition) is 0. The van der Waals surface area contributed by atoms with Gasteiger partial charge in [-0.3, -0.25) is 4.79 Å². The minimum Gasteiger partial charge on any atom is -0.452 e. The smallest absolute Gasteiger partial charge is 0.341 e. The van der Waals surface area contributed by atoms with Crippen molar-refractivity contribution >= 4 is 29.3 Å². The Morgan fingerprint density at radius 3 is 2.83 bits per heavy atom. The van der Waals surface area contributed by atoms with Crippen molar-refractivity contribution in [3.63, 3.8) is 0 Å². The van der Waals surface area contributed by atoms with Crippen LogP contribution in [0.4, 0.5) is 5.69 Å². The topological polar surface area (TPSA) is 85.5 Å². The fourth-order valence-corrected chi connectivity index (χ4v) is 4.53. The van der Waals surface area contributed by atoms with Gasteiger partial charge in [-0.25, -0.2) is 9.78 Å². The van der Waals surface area contributed by atoms with E-state index in [0.29, 0.717) is 22.9 Å². The van der Waals surface area contributed by atoms with Crippen molar-refractivity contribution in [1.29, 1.82) is 0 Å². The summed E-state index contributed by atoms with van der Waals surface area (Å²) in [4.78, 5) is 31.2. The van der Waals surface area contributed by atoms with E-state index in [4.69, 9.17) is 9.26 Å². The van der Waals surface area contributed by atoms with Gasteiger partial charge in [-0.15, -0.1) is 11.8 Å². The predicted octanol–water partition coefficient (Wildman–Crippen LogP) is 3.72. The van der Waals surface area contributed by atoms with Gasteiger partial charge < -0.3 is 14.2 Å². The second-order valence-electron chi connectivity index (χ2n) is 6.95. The van der Waals surface area contributed by atoms with Gasteiger partial charge in [0, 0.05) is 29.7 Å². The normalized spacial score (nSPS) is 12.7. The van der Waals surface area contributed by atoms with Crippen molar-refractivity contribution in [2.75, 3.05) is 18.1 Å². The fourth-order valence-electron chi connectivity index (χ4n) is 3.39. The van der Waals surface area contributed by atoms with E-state index in [1.807, 2.05) is 38.1 Å². The van der Waals surface area contributed by atoms with Gasteiger partial charge in [0.2, 0.25) is 0 Å². The zero-order valence-corrected chi connectivity index (χ0v) is 17.6. The lowest BCUT2D eigenvalue weighted by atomic mass is 10.2. The van der Waals surface area contributed by atoms with Crippen LogP contribution in [0, 0.1) is 13.8 Å². The van der Waals surface area contributed by atoms with Gasteiger partial charge in [0.1, 0.15) is 10.8 Å². The van der Waals surface area contributed by atoms with E-state index in [2.05, 4.69) is 10.1 Å². The zero-order chi connectivity index (χ0) is 21.1. The van der Waals surface area contributed by atoms with Crippen LogP contribution in [0.5, 0.6) is 0 Å². The average molecular weight is 423 g/mol. The third-order valence-corrected chi connectivity index (χ3v) is 6.07. The van der Waals surface area contributed by atoms with Gasteiger partial charge in [0.25, 0.3) is 5.91 Å². The molecule has 0 unspecified atom stereocenters. The molecule has 1 amide bonds. The highest BCUT2D eigenvalue weighted by molar-refractivity contribution is 7.98. The summed E-state index contributed by atoms with van der Waals surface area (Å²) in [5.41, 5.74) is 4.14. The van der Waals surface area contributed by atoms with Gasteiger partial charge in [0.05, 0.1) is 11.3 Å². The van der Waals surface area contributed by atoms with Gasteiger partial charge >= 0.3 is 5.97 Å². The quantitative estimate of drug-likeness (QED) is 0.441. The maximum Gasteiger partial charge on any atom is 0.341 e. The van der Waals surface area contributed by atoms with Crippen LogP contribution < -0.4 is 4.90 Å². The molecule has 3 heterocycles. The maximum absolute atomic E-state index is 12.6. The molecular weight excluding hydrogens is 402 g/mol. The molecule has 0 spiro atoms. The third kappa shape index (κ3) is 4.09. The molecule has 0 fully saturated rings. The minimum atomic E-state index is -0.565. The zero-order valence-electron chi connectivity index (χ0n) is 16.8. The maximum atomic E-state index is 12.6. The molecule has 0 bridgehead atoms. The molecule has 0 N–H and O–H groups in total. The number of carbonyl (C=O) groups is 2. The van der Waals surface area contributed by atoms with E-state index >= 15 is 0 Å². The number of aryl methyl sites for hydroxylation is 2. The lowest BCUT2D eigenvalue weighted by molar-refractivity contribution is -0.121. The Kier molecular flexibility index (Phi) is 5.85. The molecule has 8 heteroatoms. The third-order valence-electron chi connectivity index (χ3n) is 5.04. The first-order valence-corrected chi connectivity index (χ1v) is 10.6. The van der Waals surface area contributed by atoms with Gasteiger partial charge in [-0.05, 0) is 44.0 Å². The highest BCUT2D eigenvalue weighted by Gasteiger charge is 2.25. The lowest BCUT2D eigenvalue weighted by Crippen LogP contribution is -2.33. The molecule has 0 saturated carbocycles. The molecule has 0 aliphatic carbocycles. The number of hydrogen-bond acceptors (Lipinski definition) is 7. The number of aromatic nitrogens is 2. The Morgan fingerprint density at radius 1 is 1.20 bits per heavy atom. The summed E-state index contributed by atoms with van der Waals surface area (Å²) >= 11 is 1.40. The Hall–Kier alpha value is -3.13. The van der Waals surface area contributed by atoms with Crippen LogP contribution in [0.3, 0.4) is 0 Å². The number of amides is 1. The van der Waals surface area contributed by atoms with E-state index in [9.17, 15) is 9.59 Å². The standard InChI is InChI=1S/C22H21N3O4S/c1-14-18(15(2)29-24-14)13-30-21-17(7-5-10-23-21)22(27)28-12-20(26)25-11-9-16-6-3-4-8-19(16)25/h3-8,10H,9,11-13H2,1-2H3. The molecule has 1 aliphatic heterocycles. The Labute approximate surface area is 178 Å². The Bertz CT molecular complexity index is 1080. The Balaban J connectivity index is 1.40. The molecule has 30 heavy (non-hydrogen) atoms. The van der Waals surface area contributed by atoms with E-state index in [1.165, 1.54) is 11.8 Å². The van der Waals surface area contributed by atoms with Crippen molar-refractivity contribution in [2.45, 2.75) is 31.0 Å². The van der Waals surface area contributed by atoms with Crippen molar-refractivity contribution in [2.24, 2.45) is 0 Å². The number of rotatable bonds is 6. The van der Waals surface area contributed by atoms with Crippen LogP contribution in [0.15, 0.2) is 52.1 Å². The molecule has 3 aromatic rings. The number of pyridine rings is 1. The molecule has 7 nitrogen and oxygen atoms in total. The number of thioether (sulfide) groups is 1. The van der Waals surface area contributed by atoms with Crippen LogP contribution in [0.2, 0.25) is 0 Å². The number of benzene rings is 1. The molecule has 1 aliphatic rings. The molecule has 0 atom stereocenters. The van der Waals surface area contributed by atoms with E-state index in [0.717, 1.165) is 34.7 Å². The first kappa shape index (κ1) is 20.2. The highest BCUT2D eigenvalue weighted by Crippen LogP contribution is 2.29. The number of carbonyl (C=O) groups excluding carboxylic acids is 2. The monoisotopic (exact) mass is 423 g/mol. The van der Waals surface area contributed by atoms with Crippen molar-refractivity contribution in [1.82, 2.24) is 10.1 Å². The number of fused-ring (bicyclic) bond motifs is 1. The van der Waals surface area contributed by atoms with Crippen LogP contribution in [0.1, 0.15) is 32.9 Å². The van der Waals surface area contributed by atoms with Crippen LogP contribution >= 0.6 is 11.8 Å². The molecule has 0 saturated heterocycles. The van der Waals surface area contributed by atoms with Gasteiger partial charge in [-0.2, -0.15) is 0 Å². The second-order valence-corrected chi connectivity index (χ2v) is 7.91. The Morgan fingerprint density at radius 2 is 2.03 bits per heavy atom. The highest BCUT2D eigenvalue weighted by atomic mass is 32.2. The summed E-state index contributed by atoms with van der Waals surface area (Å²) in [5, 5.41) is 4.49. The predicted molar refractivity (Wildman–Crippen MR) is 113 cm³/mol. The number of ether oxygens (including phenoxy) is 1. The first-order chi connectivity index (χ1) is 14.5. The van der Waals surface area contributed by atoms with Gasteiger partial charge in [-0.1, -0.05) is 23.4 Å². The number of para-hydroxylation sites is 1. The summed E-state index contributed by atoms with van der Waals surface area (Å²) in [6, 6.07) is 11.1. The van der Waals surface area contributed by atoms with Crippen LogP contribution in [0.25, 0.3) is 0 Å². The molecule has 4 rings (SSSR count). The molecule has 2 aromatic heterocycles. The van der Waals surface area contributed by atoms with E-state index in [-0.39, 0.29) is 12.5 Å². The fraction of sp³-hybridized carbons (Fsp3) is 0.273. The summed E-state index contributed by atoms with van der Waals surface area (Å²) in [6.07, 6.45) is 2.43. The molecule has 1 aromatic carbocycles. The molecule has 0 radical (unpaired) electrons. The van der Waals surface area contributed by atoms with Gasteiger partial charge in [0.15, 0.2) is 6.61 Å². The minimum absolute atomic E-state index is 0.234. The van der Waals surface area contributed by atoms with Crippen molar-refractivity contribution < 1.29 is 18.8 Å². The first-order valence-electron chi connectivity index (χ1n) is 9.59. The number of esters is 1. The van der Waals surface area contributed by atoms with Crippen molar-refractivity contribution in [3.8, 4) is 0 Å². The summed E-state index contributed by atoms with van der Waals surface area (Å²) in [6.45, 7) is 4.02. The molecular formula is C22H21N3O4S. The largest absolute Gasteiger partial charge is 0.452 e. The SMILES string of the molecule is Cc1noc(C)c1CSc1ncccc1C(=O)OCC(=O)N1CCc2ccccc21. The summed E-state index contributed by atoms with van der Waals surface area (Å²) < 4.78 is 10.5. The van der Waals surface area contributed by atoms with E-state index < -0.39 is 5.97 Å². The lowest BCUT2D eigenvalue weighted by Gasteiger charge is -2.17. The number of anilines is 1.